The molecular weight excluding hydrogens is 336 g/mol. The Bertz CT molecular complexity index is 775. The van der Waals surface area contributed by atoms with Crippen molar-refractivity contribution in [2.24, 2.45) is 0 Å². The van der Waals surface area contributed by atoms with Gasteiger partial charge in [-0.25, -0.2) is 0 Å². The number of benzene rings is 1. The Hall–Kier alpha value is -2.87. The number of anilines is 1. The largest absolute Gasteiger partial charge is 0.482 e. The van der Waals surface area contributed by atoms with E-state index in [4.69, 9.17) is 9.47 Å². The second kappa shape index (κ2) is 7.17. The number of aromatic amines is 1. The van der Waals surface area contributed by atoms with E-state index in [1.54, 1.807) is 29.4 Å². The average molecular weight is 356 g/mol. The van der Waals surface area contributed by atoms with Crippen LogP contribution < -0.4 is 15.0 Å². The van der Waals surface area contributed by atoms with Crippen molar-refractivity contribution in [3.05, 3.63) is 42.2 Å². The number of carbonyl (C=O) groups is 2. The van der Waals surface area contributed by atoms with Gasteiger partial charge < -0.3 is 19.7 Å². The average Bonchev–Trinajstić information content (AvgIpc) is 3.39. The number of carbonyl (C=O) groups excluding carboxylic acids is 2. The van der Waals surface area contributed by atoms with E-state index in [1.165, 1.54) is 0 Å². The van der Waals surface area contributed by atoms with Crippen molar-refractivity contribution >= 4 is 17.5 Å². The number of amides is 2. The molecule has 2 amide bonds. The van der Waals surface area contributed by atoms with E-state index >= 15 is 0 Å². The normalized spacial score (nSPS) is 22.6. The van der Waals surface area contributed by atoms with Crippen LogP contribution in [0.1, 0.15) is 23.2 Å². The van der Waals surface area contributed by atoms with Crippen LogP contribution in [0.5, 0.6) is 5.75 Å². The van der Waals surface area contributed by atoms with Crippen molar-refractivity contribution in [1.82, 2.24) is 15.5 Å². The van der Waals surface area contributed by atoms with E-state index in [-0.39, 0.29) is 24.0 Å². The molecule has 2 aliphatic heterocycles. The van der Waals surface area contributed by atoms with Gasteiger partial charge in [-0.15, -0.1) is 0 Å². The molecule has 1 aromatic carbocycles. The van der Waals surface area contributed by atoms with Crippen molar-refractivity contribution in [1.29, 1.82) is 0 Å². The molecule has 0 bridgehead atoms. The second-order valence-electron chi connectivity index (χ2n) is 6.40. The van der Waals surface area contributed by atoms with E-state index < -0.39 is 0 Å². The Morgan fingerprint density at radius 1 is 1.31 bits per heavy atom. The first-order chi connectivity index (χ1) is 12.7. The molecule has 136 valence electrons. The van der Waals surface area contributed by atoms with E-state index in [0.717, 1.165) is 18.7 Å². The molecule has 2 fully saturated rings. The smallest absolute Gasteiger partial charge is 0.251 e. The molecule has 26 heavy (non-hydrogen) atoms. The summed E-state index contributed by atoms with van der Waals surface area (Å²) in [4.78, 5) is 26.1. The Morgan fingerprint density at radius 3 is 2.85 bits per heavy atom. The number of nitrogens with one attached hydrogen (secondary N) is 2. The summed E-state index contributed by atoms with van der Waals surface area (Å²) >= 11 is 0. The molecule has 2 aliphatic rings. The predicted molar refractivity (Wildman–Crippen MR) is 93.1 cm³/mol. The fourth-order valence-electron chi connectivity index (χ4n) is 3.23. The Labute approximate surface area is 150 Å². The summed E-state index contributed by atoms with van der Waals surface area (Å²) in [6.07, 6.45) is 4.42. The fraction of sp³-hybridized carbons (Fsp3) is 0.389. The van der Waals surface area contributed by atoms with Crippen LogP contribution in [0.15, 0.2) is 36.7 Å². The van der Waals surface area contributed by atoms with Gasteiger partial charge in [-0.3, -0.25) is 14.7 Å². The predicted octanol–water partition coefficient (Wildman–Crippen LogP) is 1.11. The third-order valence-electron chi connectivity index (χ3n) is 4.62. The van der Waals surface area contributed by atoms with Crippen LogP contribution in [0, 0.1) is 0 Å². The first-order valence-electron chi connectivity index (χ1n) is 8.65. The molecule has 0 saturated carbocycles. The van der Waals surface area contributed by atoms with Crippen LogP contribution >= 0.6 is 0 Å². The highest BCUT2D eigenvalue weighted by Crippen LogP contribution is 2.22. The van der Waals surface area contributed by atoms with Crippen molar-refractivity contribution in [2.75, 3.05) is 24.7 Å². The molecule has 0 radical (unpaired) electrons. The van der Waals surface area contributed by atoms with Crippen molar-refractivity contribution < 1.29 is 19.1 Å². The SMILES string of the molecule is O=C(N[C@H]1COC[C@H]1Oc1cn[nH]c1)c1ccc(N2CCCC2=O)cc1. The van der Waals surface area contributed by atoms with Crippen LogP contribution in [0.3, 0.4) is 0 Å². The van der Waals surface area contributed by atoms with Gasteiger partial charge in [-0.1, -0.05) is 0 Å². The zero-order valence-corrected chi connectivity index (χ0v) is 14.2. The van der Waals surface area contributed by atoms with Crippen molar-refractivity contribution in [3.8, 4) is 5.75 Å². The van der Waals surface area contributed by atoms with Gasteiger partial charge in [0.2, 0.25) is 5.91 Å². The lowest BCUT2D eigenvalue weighted by molar-refractivity contribution is -0.117. The minimum atomic E-state index is -0.266. The van der Waals surface area contributed by atoms with Gasteiger partial charge in [-0.2, -0.15) is 5.10 Å². The standard InChI is InChI=1S/C18H20N4O4/c23-17-2-1-7-22(17)13-5-3-12(4-6-13)18(24)21-15-10-25-11-16(15)26-14-8-19-20-9-14/h3-6,8-9,15-16H,1-2,7,10-11H2,(H,19,20)(H,21,24)/t15-,16+/m0/s1. The van der Waals surface area contributed by atoms with Gasteiger partial charge in [0.25, 0.3) is 5.91 Å². The van der Waals surface area contributed by atoms with E-state index in [1.807, 2.05) is 12.1 Å². The first-order valence-corrected chi connectivity index (χ1v) is 8.65. The minimum absolute atomic E-state index is 0.129. The number of ether oxygens (including phenoxy) is 2. The summed E-state index contributed by atoms with van der Waals surface area (Å²) in [6, 6.07) is 6.85. The maximum Gasteiger partial charge on any atom is 0.251 e. The third kappa shape index (κ3) is 3.41. The third-order valence-corrected chi connectivity index (χ3v) is 4.62. The summed E-state index contributed by atoms with van der Waals surface area (Å²) in [6.45, 7) is 1.54. The van der Waals surface area contributed by atoms with Gasteiger partial charge in [0.1, 0.15) is 6.10 Å². The van der Waals surface area contributed by atoms with Crippen LogP contribution in [0.4, 0.5) is 5.69 Å². The molecule has 2 saturated heterocycles. The fourth-order valence-corrected chi connectivity index (χ4v) is 3.23. The van der Waals surface area contributed by atoms with Gasteiger partial charge in [-0.05, 0) is 30.7 Å². The topological polar surface area (TPSA) is 96.6 Å². The molecular formula is C18H20N4O4. The molecule has 2 N–H and O–H groups in total. The molecule has 1 aromatic heterocycles. The van der Waals surface area contributed by atoms with Gasteiger partial charge in [0.05, 0.1) is 31.6 Å². The lowest BCUT2D eigenvalue weighted by Crippen LogP contribution is -2.45. The maximum absolute atomic E-state index is 12.5. The summed E-state index contributed by atoms with van der Waals surface area (Å²) < 4.78 is 11.2. The summed E-state index contributed by atoms with van der Waals surface area (Å²) in [5, 5.41) is 9.48. The molecule has 2 aromatic rings. The molecule has 0 spiro atoms. The summed E-state index contributed by atoms with van der Waals surface area (Å²) in [5.74, 6) is 0.546. The van der Waals surface area contributed by atoms with E-state index in [9.17, 15) is 9.59 Å². The summed E-state index contributed by atoms with van der Waals surface area (Å²) in [5.41, 5.74) is 1.36. The molecule has 8 nitrogen and oxygen atoms in total. The van der Waals surface area contributed by atoms with Crippen LogP contribution in [-0.4, -0.2) is 53.9 Å². The monoisotopic (exact) mass is 356 g/mol. The number of rotatable bonds is 5. The summed E-state index contributed by atoms with van der Waals surface area (Å²) in [7, 11) is 0. The van der Waals surface area contributed by atoms with E-state index in [0.29, 0.717) is 30.9 Å². The first kappa shape index (κ1) is 16.6. The van der Waals surface area contributed by atoms with Crippen LogP contribution in [0.2, 0.25) is 0 Å². The highest BCUT2D eigenvalue weighted by atomic mass is 16.5. The molecule has 2 atom stereocenters. The molecule has 8 heteroatoms. The van der Waals surface area contributed by atoms with Crippen LogP contribution in [-0.2, 0) is 9.53 Å². The van der Waals surface area contributed by atoms with Crippen molar-refractivity contribution in [2.45, 2.75) is 25.0 Å². The number of hydrogen-bond acceptors (Lipinski definition) is 5. The van der Waals surface area contributed by atoms with Gasteiger partial charge >= 0.3 is 0 Å². The second-order valence-corrected chi connectivity index (χ2v) is 6.40. The van der Waals surface area contributed by atoms with Gasteiger partial charge in [0, 0.05) is 24.2 Å². The molecule has 0 unspecified atom stereocenters. The number of nitrogens with zero attached hydrogens (tertiary/aromatic N) is 2. The highest BCUT2D eigenvalue weighted by Gasteiger charge is 2.32. The van der Waals surface area contributed by atoms with E-state index in [2.05, 4.69) is 15.5 Å². The number of hydrogen-bond donors (Lipinski definition) is 2. The maximum atomic E-state index is 12.5. The Balaban J connectivity index is 1.38. The van der Waals surface area contributed by atoms with Crippen molar-refractivity contribution in [3.63, 3.8) is 0 Å². The Kier molecular flexibility index (Phi) is 4.57. The zero-order chi connectivity index (χ0) is 17.9. The van der Waals surface area contributed by atoms with Crippen LogP contribution in [0.25, 0.3) is 0 Å². The molecule has 3 heterocycles. The highest BCUT2D eigenvalue weighted by molar-refractivity contribution is 5.97. The molecule has 0 aliphatic carbocycles. The quantitative estimate of drug-likeness (QED) is 0.837. The number of aromatic nitrogens is 2. The van der Waals surface area contributed by atoms with Gasteiger partial charge in [0.15, 0.2) is 5.75 Å². The zero-order valence-electron chi connectivity index (χ0n) is 14.2. The minimum Gasteiger partial charge on any atom is -0.482 e. The lowest BCUT2D eigenvalue weighted by atomic mass is 10.1. The molecule has 4 rings (SSSR count). The lowest BCUT2D eigenvalue weighted by Gasteiger charge is -2.20. The number of H-pyrrole nitrogens is 1. The Morgan fingerprint density at radius 2 is 2.15 bits per heavy atom.